The molecule has 0 spiro atoms. The molecule has 0 aromatic rings. The molecule has 16 heteroatoms. The third-order valence-corrected chi connectivity index (χ3v) is 4.11. The number of aliphatic hydroxyl groups excluding tert-OH is 1. The van der Waals surface area contributed by atoms with Gasteiger partial charge in [-0.3, -0.25) is 28.8 Å². The normalized spacial score (nSPS) is 14.1. The zero-order valence-corrected chi connectivity index (χ0v) is 17.4. The topological polar surface area (TPSA) is 289 Å². The number of carboxylic acids is 3. The molecule has 0 bridgehead atoms. The second-order valence-electron chi connectivity index (χ2n) is 6.85. The summed E-state index contributed by atoms with van der Waals surface area (Å²) < 4.78 is 0. The number of primary amides is 1. The highest BCUT2D eigenvalue weighted by Crippen LogP contribution is 2.04. The van der Waals surface area contributed by atoms with E-state index < -0.39 is 104 Å². The monoisotopic (exact) mass is 477 g/mol. The maximum Gasteiger partial charge on any atom is 0.328 e. The third-order valence-electron chi connectivity index (χ3n) is 4.11. The molecule has 16 nitrogen and oxygen atoms in total. The van der Waals surface area contributed by atoms with Crippen LogP contribution in [-0.2, 0) is 33.6 Å². The molecule has 186 valence electrons. The fraction of sp³-hybridized carbons (Fsp3) is 0.588. The molecule has 4 atom stereocenters. The summed E-state index contributed by atoms with van der Waals surface area (Å²) in [6.45, 7) is -0.990. The number of aliphatic carboxylic acids is 3. The number of carbonyl (C=O) groups excluding carboxylic acids is 4. The maximum absolute atomic E-state index is 12.6. The van der Waals surface area contributed by atoms with Crippen LogP contribution in [-0.4, -0.2) is 92.7 Å². The summed E-state index contributed by atoms with van der Waals surface area (Å²) in [5.41, 5.74) is 10.4. The largest absolute Gasteiger partial charge is 0.481 e. The first-order valence-electron chi connectivity index (χ1n) is 9.50. The van der Waals surface area contributed by atoms with Crippen molar-refractivity contribution in [3.8, 4) is 0 Å². The van der Waals surface area contributed by atoms with Crippen molar-refractivity contribution in [2.24, 2.45) is 11.5 Å². The Morgan fingerprint density at radius 1 is 0.697 bits per heavy atom. The third kappa shape index (κ3) is 12.0. The van der Waals surface area contributed by atoms with Gasteiger partial charge in [0.05, 0.1) is 19.1 Å². The van der Waals surface area contributed by atoms with Crippen molar-refractivity contribution in [1.82, 2.24) is 16.0 Å². The molecule has 0 aromatic carbocycles. The van der Waals surface area contributed by atoms with Gasteiger partial charge in [0.2, 0.25) is 23.6 Å². The Bertz CT molecular complexity index is 772. The minimum Gasteiger partial charge on any atom is -0.481 e. The molecule has 33 heavy (non-hydrogen) atoms. The molecule has 0 radical (unpaired) electrons. The van der Waals surface area contributed by atoms with Crippen molar-refractivity contribution in [2.75, 3.05) is 6.61 Å². The Morgan fingerprint density at radius 2 is 1.09 bits per heavy atom. The molecule has 0 aliphatic carbocycles. The average molecular weight is 477 g/mol. The van der Waals surface area contributed by atoms with Crippen LogP contribution in [0.5, 0.6) is 0 Å². The molecular formula is C17H27N5O11. The van der Waals surface area contributed by atoms with Gasteiger partial charge in [0.1, 0.15) is 18.1 Å². The van der Waals surface area contributed by atoms with Gasteiger partial charge in [-0.2, -0.15) is 0 Å². The van der Waals surface area contributed by atoms with Gasteiger partial charge in [0, 0.05) is 12.8 Å². The molecule has 0 saturated carbocycles. The van der Waals surface area contributed by atoms with E-state index in [0.29, 0.717) is 0 Å². The molecule has 0 fully saturated rings. The van der Waals surface area contributed by atoms with Crippen LogP contribution in [0.25, 0.3) is 0 Å². The maximum atomic E-state index is 12.6. The predicted molar refractivity (Wildman–Crippen MR) is 106 cm³/mol. The summed E-state index contributed by atoms with van der Waals surface area (Å²) >= 11 is 0. The Kier molecular flexibility index (Phi) is 12.7. The van der Waals surface area contributed by atoms with Crippen molar-refractivity contribution in [3.05, 3.63) is 0 Å². The molecule has 0 heterocycles. The van der Waals surface area contributed by atoms with E-state index in [1.165, 1.54) is 0 Å². The number of hydrogen-bond acceptors (Lipinski definition) is 9. The zero-order valence-electron chi connectivity index (χ0n) is 17.4. The molecule has 0 saturated heterocycles. The van der Waals surface area contributed by atoms with Gasteiger partial charge < -0.3 is 47.8 Å². The van der Waals surface area contributed by atoms with Gasteiger partial charge in [-0.05, 0) is 12.8 Å². The van der Waals surface area contributed by atoms with Crippen molar-refractivity contribution >= 4 is 41.5 Å². The highest BCUT2D eigenvalue weighted by atomic mass is 16.4. The Balaban J connectivity index is 5.55. The number of aliphatic hydroxyl groups is 1. The smallest absolute Gasteiger partial charge is 0.328 e. The summed E-state index contributed by atoms with van der Waals surface area (Å²) in [5, 5.41) is 41.8. The summed E-state index contributed by atoms with van der Waals surface area (Å²) in [7, 11) is 0. The lowest BCUT2D eigenvalue weighted by Crippen LogP contribution is -2.57. The number of rotatable bonds is 16. The lowest BCUT2D eigenvalue weighted by atomic mass is 10.1. The molecular weight excluding hydrogens is 450 g/mol. The van der Waals surface area contributed by atoms with Crippen LogP contribution < -0.4 is 27.4 Å². The summed E-state index contributed by atoms with van der Waals surface area (Å²) in [6, 6.07) is -6.35. The highest BCUT2D eigenvalue weighted by Gasteiger charge is 2.31. The molecule has 0 aliphatic heterocycles. The van der Waals surface area contributed by atoms with Gasteiger partial charge in [-0.15, -0.1) is 0 Å². The first-order valence-corrected chi connectivity index (χ1v) is 9.50. The van der Waals surface area contributed by atoms with Crippen LogP contribution in [0.3, 0.4) is 0 Å². The lowest BCUT2D eigenvalue weighted by molar-refractivity contribution is -0.144. The highest BCUT2D eigenvalue weighted by molar-refractivity contribution is 5.95. The number of nitrogens with one attached hydrogen (secondary N) is 3. The van der Waals surface area contributed by atoms with E-state index in [1.807, 2.05) is 5.32 Å². The van der Waals surface area contributed by atoms with Gasteiger partial charge in [0.15, 0.2) is 0 Å². The first-order chi connectivity index (χ1) is 15.3. The van der Waals surface area contributed by atoms with E-state index in [-0.39, 0.29) is 0 Å². The van der Waals surface area contributed by atoms with Crippen LogP contribution in [0.4, 0.5) is 0 Å². The van der Waals surface area contributed by atoms with Crippen LogP contribution in [0.2, 0.25) is 0 Å². The molecule has 11 N–H and O–H groups in total. The quantitative estimate of drug-likeness (QED) is 0.101. The standard InChI is InChI=1S/C17H27N5O11/c18-7(5-11(19)24)14(29)20-8(1-3-12(25)26)15(30)21-9(2-4-13(27)28)16(31)22-10(6-23)17(32)33/h7-10,23H,1-6,18H2,(H2,19,24)(H,20,29)(H,21,30)(H,22,31)(H,25,26)(H,27,28)(H,32,33). The number of nitrogens with two attached hydrogens (primary N) is 2. The van der Waals surface area contributed by atoms with Crippen molar-refractivity contribution in [3.63, 3.8) is 0 Å². The van der Waals surface area contributed by atoms with Gasteiger partial charge in [-0.25, -0.2) is 4.79 Å². The SMILES string of the molecule is NC(=O)CC(N)C(=O)NC(CCC(=O)O)C(=O)NC(CCC(=O)O)C(=O)NC(CO)C(=O)O. The van der Waals surface area contributed by atoms with Gasteiger partial charge in [0.25, 0.3) is 0 Å². The van der Waals surface area contributed by atoms with Gasteiger partial charge in [-0.1, -0.05) is 0 Å². The van der Waals surface area contributed by atoms with E-state index in [2.05, 4.69) is 10.6 Å². The fourth-order valence-corrected chi connectivity index (χ4v) is 2.39. The van der Waals surface area contributed by atoms with Crippen LogP contribution in [0.1, 0.15) is 32.1 Å². The zero-order chi connectivity index (χ0) is 25.7. The minimum atomic E-state index is -1.74. The fourth-order valence-electron chi connectivity index (χ4n) is 2.39. The minimum absolute atomic E-state index is 0.460. The average Bonchev–Trinajstić information content (AvgIpc) is 2.70. The Morgan fingerprint density at radius 3 is 1.42 bits per heavy atom. The Labute approximate surface area is 186 Å². The number of carboxylic acid groups (broad SMARTS) is 3. The van der Waals surface area contributed by atoms with Crippen LogP contribution >= 0.6 is 0 Å². The molecule has 0 rings (SSSR count). The van der Waals surface area contributed by atoms with Crippen molar-refractivity contribution in [1.29, 1.82) is 0 Å². The summed E-state index contributed by atoms with van der Waals surface area (Å²) in [5.74, 6) is -8.42. The van der Waals surface area contributed by atoms with E-state index in [0.717, 1.165) is 0 Å². The summed E-state index contributed by atoms with van der Waals surface area (Å²) in [6.07, 6.45) is -2.74. The second-order valence-corrected chi connectivity index (χ2v) is 6.85. The van der Waals surface area contributed by atoms with Gasteiger partial charge >= 0.3 is 17.9 Å². The van der Waals surface area contributed by atoms with E-state index >= 15 is 0 Å². The lowest BCUT2D eigenvalue weighted by Gasteiger charge is -2.24. The number of hydrogen-bond donors (Lipinski definition) is 9. The number of carbonyl (C=O) groups is 7. The molecule has 4 unspecified atom stereocenters. The van der Waals surface area contributed by atoms with E-state index in [1.54, 1.807) is 0 Å². The molecule has 0 aromatic heterocycles. The van der Waals surface area contributed by atoms with E-state index in [9.17, 15) is 33.6 Å². The summed E-state index contributed by atoms with van der Waals surface area (Å²) in [4.78, 5) is 80.8. The van der Waals surface area contributed by atoms with Crippen LogP contribution in [0, 0.1) is 0 Å². The number of amides is 4. The van der Waals surface area contributed by atoms with Crippen LogP contribution in [0.15, 0.2) is 0 Å². The molecule has 4 amide bonds. The Hall–Kier alpha value is -3.79. The molecule has 0 aliphatic rings. The van der Waals surface area contributed by atoms with Crippen molar-refractivity contribution < 1.29 is 54.0 Å². The van der Waals surface area contributed by atoms with Crippen molar-refractivity contribution in [2.45, 2.75) is 56.3 Å². The predicted octanol–water partition coefficient (Wildman–Crippen LogP) is -4.55. The second kappa shape index (κ2) is 14.3. The first kappa shape index (κ1) is 29.2. The van der Waals surface area contributed by atoms with E-state index in [4.69, 9.17) is 31.9 Å².